The Hall–Kier alpha value is -4.39. The Morgan fingerprint density at radius 2 is 1.53 bits per heavy atom. The first kappa shape index (κ1) is 20.9. The van der Waals surface area contributed by atoms with Crippen LogP contribution in [0.25, 0.3) is 5.76 Å². The summed E-state index contributed by atoms with van der Waals surface area (Å²) >= 11 is 0. The largest absolute Gasteiger partial charge is 0.507 e. The van der Waals surface area contributed by atoms with Crippen LogP contribution in [0.2, 0.25) is 0 Å². The second-order valence-electron chi connectivity index (χ2n) is 7.16. The van der Waals surface area contributed by atoms with Gasteiger partial charge in [-0.15, -0.1) is 0 Å². The van der Waals surface area contributed by atoms with Crippen molar-refractivity contribution in [2.24, 2.45) is 0 Å². The predicted molar refractivity (Wildman–Crippen MR) is 118 cm³/mol. The molecule has 0 aromatic heterocycles. The van der Waals surface area contributed by atoms with E-state index in [0.717, 1.165) is 0 Å². The normalized spacial score (nSPS) is 17.4. The standard InChI is InChI=1S/C25H19NO6/c1-32-19-12-10-15(11-13-19)21-20(22(27)16-6-3-2-4-7-16)23(28)24(29)26(21)18-9-5-8-17(14-18)25(30)31/h2-14,21,27H,1H3,(H,30,31)/b22-20+/t21-/m0/s1. The van der Waals surface area contributed by atoms with E-state index in [9.17, 15) is 24.6 Å². The van der Waals surface area contributed by atoms with Gasteiger partial charge in [0.2, 0.25) is 0 Å². The number of hydrogen-bond donors (Lipinski definition) is 2. The van der Waals surface area contributed by atoms with Gasteiger partial charge in [0.05, 0.1) is 24.3 Å². The highest BCUT2D eigenvalue weighted by Gasteiger charge is 2.47. The third kappa shape index (κ3) is 3.60. The van der Waals surface area contributed by atoms with E-state index in [1.54, 1.807) is 60.7 Å². The van der Waals surface area contributed by atoms with Crippen molar-refractivity contribution in [1.82, 2.24) is 0 Å². The monoisotopic (exact) mass is 429 g/mol. The fourth-order valence-electron chi connectivity index (χ4n) is 3.74. The number of Topliss-reactive ketones (excluding diaryl/α,β-unsaturated/α-hetero) is 1. The number of carboxylic acids is 1. The first-order valence-corrected chi connectivity index (χ1v) is 9.76. The Kier molecular flexibility index (Phi) is 5.47. The van der Waals surface area contributed by atoms with E-state index in [0.29, 0.717) is 16.9 Å². The lowest BCUT2D eigenvalue weighted by atomic mass is 9.95. The fraction of sp³-hybridized carbons (Fsp3) is 0.0800. The molecular formula is C25H19NO6. The molecular weight excluding hydrogens is 410 g/mol. The number of aromatic carboxylic acids is 1. The van der Waals surface area contributed by atoms with Gasteiger partial charge in [-0.2, -0.15) is 0 Å². The molecule has 0 spiro atoms. The van der Waals surface area contributed by atoms with Gasteiger partial charge in [-0.25, -0.2) is 4.79 Å². The molecule has 0 aliphatic carbocycles. The predicted octanol–water partition coefficient (Wildman–Crippen LogP) is 4.02. The molecule has 3 aromatic carbocycles. The molecule has 1 fully saturated rings. The van der Waals surface area contributed by atoms with E-state index < -0.39 is 23.7 Å². The number of carbonyl (C=O) groups excluding carboxylic acids is 2. The summed E-state index contributed by atoms with van der Waals surface area (Å²) in [7, 11) is 1.52. The SMILES string of the molecule is COc1ccc([C@H]2/C(=C(\O)c3ccccc3)C(=O)C(=O)N2c2cccc(C(=O)O)c2)cc1. The third-order valence-electron chi connectivity index (χ3n) is 5.29. The Balaban J connectivity index is 1.94. The first-order valence-electron chi connectivity index (χ1n) is 9.76. The first-order chi connectivity index (χ1) is 15.4. The molecule has 0 unspecified atom stereocenters. The smallest absolute Gasteiger partial charge is 0.335 e. The van der Waals surface area contributed by atoms with Crippen molar-refractivity contribution < 1.29 is 29.3 Å². The molecule has 160 valence electrons. The van der Waals surface area contributed by atoms with Crippen molar-refractivity contribution in [3.8, 4) is 5.75 Å². The molecule has 1 heterocycles. The highest BCUT2D eigenvalue weighted by Crippen LogP contribution is 2.42. The molecule has 1 aliphatic heterocycles. The Labute approximate surface area is 183 Å². The molecule has 1 atom stereocenters. The van der Waals surface area contributed by atoms with Gasteiger partial charge >= 0.3 is 5.97 Å². The molecule has 1 saturated heterocycles. The number of benzene rings is 3. The van der Waals surface area contributed by atoms with E-state index in [-0.39, 0.29) is 22.6 Å². The maximum atomic E-state index is 13.1. The Morgan fingerprint density at radius 1 is 0.875 bits per heavy atom. The number of amides is 1. The Morgan fingerprint density at radius 3 is 2.16 bits per heavy atom. The van der Waals surface area contributed by atoms with E-state index in [2.05, 4.69) is 0 Å². The van der Waals surface area contributed by atoms with E-state index in [1.165, 1.54) is 30.2 Å². The summed E-state index contributed by atoms with van der Waals surface area (Å²) in [5.74, 6) is -2.59. The van der Waals surface area contributed by atoms with Crippen LogP contribution in [0.1, 0.15) is 27.5 Å². The molecule has 0 radical (unpaired) electrons. The minimum atomic E-state index is -1.16. The van der Waals surface area contributed by atoms with Gasteiger partial charge < -0.3 is 14.9 Å². The Bertz CT molecular complexity index is 1230. The zero-order valence-corrected chi connectivity index (χ0v) is 17.1. The number of carboxylic acid groups (broad SMARTS) is 1. The minimum Gasteiger partial charge on any atom is -0.507 e. The number of anilines is 1. The second kappa shape index (κ2) is 8.39. The average Bonchev–Trinajstić information content (AvgIpc) is 3.09. The lowest BCUT2D eigenvalue weighted by Crippen LogP contribution is -2.29. The van der Waals surface area contributed by atoms with Gasteiger partial charge in [-0.05, 0) is 35.9 Å². The van der Waals surface area contributed by atoms with Crippen LogP contribution in [0.15, 0.2) is 84.4 Å². The summed E-state index contributed by atoms with van der Waals surface area (Å²) in [4.78, 5) is 38.9. The van der Waals surface area contributed by atoms with Gasteiger partial charge in [0, 0.05) is 11.3 Å². The summed E-state index contributed by atoms with van der Waals surface area (Å²) in [5.41, 5.74) is 1.08. The third-order valence-corrected chi connectivity index (χ3v) is 5.29. The number of ketones is 1. The van der Waals surface area contributed by atoms with E-state index in [4.69, 9.17) is 4.74 Å². The molecule has 7 nitrogen and oxygen atoms in total. The number of aliphatic hydroxyl groups excluding tert-OH is 1. The van der Waals surface area contributed by atoms with Crippen LogP contribution in [-0.2, 0) is 9.59 Å². The quantitative estimate of drug-likeness (QED) is 0.361. The number of methoxy groups -OCH3 is 1. The van der Waals surface area contributed by atoms with Gasteiger partial charge in [0.1, 0.15) is 11.5 Å². The maximum Gasteiger partial charge on any atom is 0.335 e. The summed E-state index contributed by atoms with van der Waals surface area (Å²) in [5, 5.41) is 20.4. The zero-order valence-electron chi connectivity index (χ0n) is 17.1. The van der Waals surface area contributed by atoms with Crippen LogP contribution in [-0.4, -0.2) is 35.0 Å². The van der Waals surface area contributed by atoms with Crippen LogP contribution >= 0.6 is 0 Å². The molecule has 0 bridgehead atoms. The van der Waals surface area contributed by atoms with Crippen molar-refractivity contribution in [1.29, 1.82) is 0 Å². The van der Waals surface area contributed by atoms with Crippen molar-refractivity contribution in [3.05, 3.63) is 101 Å². The summed E-state index contributed by atoms with van der Waals surface area (Å²) in [6.45, 7) is 0. The van der Waals surface area contributed by atoms with Crippen LogP contribution in [0, 0.1) is 0 Å². The molecule has 32 heavy (non-hydrogen) atoms. The zero-order chi connectivity index (χ0) is 22.8. The van der Waals surface area contributed by atoms with Crippen molar-refractivity contribution in [3.63, 3.8) is 0 Å². The van der Waals surface area contributed by atoms with Gasteiger partial charge in [-0.1, -0.05) is 48.5 Å². The minimum absolute atomic E-state index is 0.0269. The number of ether oxygens (including phenoxy) is 1. The molecule has 1 amide bonds. The van der Waals surface area contributed by atoms with Gasteiger partial charge in [0.25, 0.3) is 11.7 Å². The molecule has 3 aromatic rings. The molecule has 1 aliphatic rings. The van der Waals surface area contributed by atoms with Crippen LogP contribution in [0.5, 0.6) is 5.75 Å². The number of carbonyl (C=O) groups is 3. The van der Waals surface area contributed by atoms with Crippen LogP contribution in [0.4, 0.5) is 5.69 Å². The second-order valence-corrected chi connectivity index (χ2v) is 7.16. The molecule has 2 N–H and O–H groups in total. The number of rotatable bonds is 5. The topological polar surface area (TPSA) is 104 Å². The van der Waals surface area contributed by atoms with Crippen LogP contribution < -0.4 is 9.64 Å². The lowest BCUT2D eigenvalue weighted by molar-refractivity contribution is -0.132. The number of nitrogens with zero attached hydrogens (tertiary/aromatic N) is 1. The molecule has 0 saturated carbocycles. The van der Waals surface area contributed by atoms with Crippen LogP contribution in [0.3, 0.4) is 0 Å². The van der Waals surface area contributed by atoms with Gasteiger partial charge in [0.15, 0.2) is 0 Å². The van der Waals surface area contributed by atoms with Crippen molar-refractivity contribution in [2.75, 3.05) is 12.0 Å². The average molecular weight is 429 g/mol. The van der Waals surface area contributed by atoms with Gasteiger partial charge in [-0.3, -0.25) is 14.5 Å². The summed E-state index contributed by atoms with van der Waals surface area (Å²) in [6, 6.07) is 20.1. The molecule has 4 rings (SSSR count). The summed E-state index contributed by atoms with van der Waals surface area (Å²) < 4.78 is 5.20. The van der Waals surface area contributed by atoms with E-state index in [1.807, 2.05) is 0 Å². The highest BCUT2D eigenvalue weighted by molar-refractivity contribution is 6.51. The maximum absolute atomic E-state index is 13.1. The lowest BCUT2D eigenvalue weighted by Gasteiger charge is -2.25. The summed E-state index contributed by atoms with van der Waals surface area (Å²) in [6.07, 6.45) is 0. The van der Waals surface area contributed by atoms with E-state index >= 15 is 0 Å². The number of aliphatic hydroxyl groups is 1. The van der Waals surface area contributed by atoms with Crippen molar-refractivity contribution >= 4 is 29.1 Å². The number of hydrogen-bond acceptors (Lipinski definition) is 5. The molecule has 7 heteroatoms. The highest BCUT2D eigenvalue weighted by atomic mass is 16.5. The van der Waals surface area contributed by atoms with Crippen molar-refractivity contribution in [2.45, 2.75) is 6.04 Å². The fourth-order valence-corrected chi connectivity index (χ4v) is 3.74.